The number of ketones is 1. The van der Waals surface area contributed by atoms with Crippen LogP contribution < -0.4 is 4.90 Å². The number of aliphatic hydroxyl groups is 1. The Labute approximate surface area is 174 Å². The van der Waals surface area contributed by atoms with Crippen molar-refractivity contribution in [2.45, 2.75) is 6.04 Å². The molecule has 4 rings (SSSR count). The number of aliphatic hydroxyl groups excluding tert-OH is 1. The first-order valence-electron chi connectivity index (χ1n) is 8.43. The molecule has 29 heavy (non-hydrogen) atoms. The zero-order valence-electron chi connectivity index (χ0n) is 14.6. The van der Waals surface area contributed by atoms with Crippen molar-refractivity contribution < 1.29 is 23.5 Å². The maximum absolute atomic E-state index is 13.5. The van der Waals surface area contributed by atoms with Gasteiger partial charge in [-0.3, -0.25) is 14.5 Å². The fourth-order valence-electron chi connectivity index (χ4n) is 3.28. The lowest BCUT2D eigenvalue weighted by atomic mass is 9.95. The molecule has 1 atom stereocenters. The minimum absolute atomic E-state index is 0.0440. The predicted molar refractivity (Wildman–Crippen MR) is 106 cm³/mol. The fraction of sp³-hybridized carbons (Fsp3) is 0.0476. The van der Waals surface area contributed by atoms with E-state index < -0.39 is 29.3 Å². The van der Waals surface area contributed by atoms with Crippen LogP contribution in [0.1, 0.15) is 22.2 Å². The molecule has 0 bridgehead atoms. The van der Waals surface area contributed by atoms with Crippen molar-refractivity contribution in [2.24, 2.45) is 0 Å². The first-order chi connectivity index (χ1) is 13.9. The van der Waals surface area contributed by atoms with Gasteiger partial charge in [-0.15, -0.1) is 0 Å². The number of rotatable bonds is 4. The van der Waals surface area contributed by atoms with E-state index in [1.807, 2.05) is 0 Å². The van der Waals surface area contributed by atoms with Crippen molar-refractivity contribution in [3.63, 3.8) is 0 Å². The average molecular weight is 432 g/mol. The Morgan fingerprint density at radius 3 is 2.31 bits per heavy atom. The molecular weight excluding hydrogens is 420 g/mol. The molecule has 2 aromatic carbocycles. The van der Waals surface area contributed by atoms with E-state index in [1.54, 1.807) is 0 Å². The van der Waals surface area contributed by atoms with Crippen molar-refractivity contribution >= 4 is 40.6 Å². The van der Waals surface area contributed by atoms with Gasteiger partial charge in [0.25, 0.3) is 5.91 Å². The molecule has 0 saturated carbocycles. The quantitative estimate of drug-likeness (QED) is 0.552. The molecule has 0 spiro atoms. The molecule has 1 aromatic heterocycles. The number of benzene rings is 2. The molecule has 0 radical (unpaired) electrons. The van der Waals surface area contributed by atoms with Crippen LogP contribution in [0.15, 0.2) is 76.6 Å². The van der Waals surface area contributed by atoms with Gasteiger partial charge >= 0.3 is 0 Å². The molecule has 146 valence electrons. The second-order valence-electron chi connectivity index (χ2n) is 6.33. The van der Waals surface area contributed by atoms with E-state index in [0.717, 1.165) is 0 Å². The van der Waals surface area contributed by atoms with E-state index in [0.29, 0.717) is 5.56 Å². The second-order valence-corrected chi connectivity index (χ2v) is 7.20. The molecule has 0 aliphatic carbocycles. The highest BCUT2D eigenvalue weighted by atomic mass is 35.5. The Morgan fingerprint density at radius 1 is 1.07 bits per heavy atom. The second kappa shape index (κ2) is 7.39. The summed E-state index contributed by atoms with van der Waals surface area (Å²) in [6, 6.07) is 11.6. The lowest BCUT2D eigenvalue weighted by Crippen LogP contribution is -2.31. The fourth-order valence-corrected chi connectivity index (χ4v) is 3.80. The van der Waals surface area contributed by atoms with Crippen LogP contribution in [0.4, 0.5) is 10.1 Å². The number of carbonyl (C=O) groups excluding carboxylic acids is 2. The maximum atomic E-state index is 13.5. The average Bonchev–Trinajstić information content (AvgIpc) is 3.29. The third-order valence-corrected chi connectivity index (χ3v) is 4.95. The Bertz CT molecular complexity index is 1120. The van der Waals surface area contributed by atoms with Crippen LogP contribution in [-0.2, 0) is 4.79 Å². The molecule has 1 aliphatic heterocycles. The van der Waals surface area contributed by atoms with E-state index in [9.17, 15) is 19.1 Å². The molecule has 3 aromatic rings. The number of hydrogen-bond acceptors (Lipinski definition) is 4. The Morgan fingerprint density at radius 2 is 1.72 bits per heavy atom. The highest BCUT2D eigenvalue weighted by Gasteiger charge is 2.45. The van der Waals surface area contributed by atoms with Gasteiger partial charge in [-0.1, -0.05) is 35.3 Å². The van der Waals surface area contributed by atoms with Gasteiger partial charge in [0.2, 0.25) is 5.78 Å². The standard InChI is InChI=1S/C21H12Cl2FNO4/c22-12-8-13(23)10-15(9-12)25-18(11-3-5-14(24)6-4-11)17(20(27)21(25)28)19(26)16-2-1-7-29-16/h1-10,18,27H. The zero-order chi connectivity index (χ0) is 20.7. The van der Waals surface area contributed by atoms with Crippen LogP contribution >= 0.6 is 23.2 Å². The van der Waals surface area contributed by atoms with Gasteiger partial charge in [-0.2, -0.15) is 0 Å². The highest BCUT2D eigenvalue weighted by Crippen LogP contribution is 2.43. The molecule has 1 unspecified atom stereocenters. The molecule has 1 N–H and O–H groups in total. The number of carbonyl (C=O) groups is 2. The van der Waals surface area contributed by atoms with Crippen molar-refractivity contribution in [3.05, 3.63) is 99.4 Å². The number of furan rings is 1. The number of amides is 1. The van der Waals surface area contributed by atoms with Crippen LogP contribution in [0.3, 0.4) is 0 Å². The molecule has 5 nitrogen and oxygen atoms in total. The number of halogens is 3. The number of Topliss-reactive ketones (excluding diaryl/α,β-unsaturated/α-hetero) is 1. The summed E-state index contributed by atoms with van der Waals surface area (Å²) in [5, 5.41) is 11.1. The number of hydrogen-bond donors (Lipinski definition) is 1. The van der Waals surface area contributed by atoms with Crippen molar-refractivity contribution in [3.8, 4) is 0 Å². The summed E-state index contributed by atoms with van der Waals surface area (Å²) in [7, 11) is 0. The number of nitrogens with zero attached hydrogens (tertiary/aromatic N) is 1. The molecule has 2 heterocycles. The van der Waals surface area contributed by atoms with Gasteiger partial charge in [-0.25, -0.2) is 4.39 Å². The SMILES string of the molecule is O=C(C1=C(O)C(=O)N(c2cc(Cl)cc(Cl)c2)C1c1ccc(F)cc1)c1ccco1. The predicted octanol–water partition coefficient (Wildman–Crippen LogP) is 5.51. The van der Waals surface area contributed by atoms with Crippen molar-refractivity contribution in [2.75, 3.05) is 4.90 Å². The van der Waals surface area contributed by atoms with E-state index >= 15 is 0 Å². The van der Waals surface area contributed by atoms with Gasteiger partial charge in [0.15, 0.2) is 11.5 Å². The summed E-state index contributed by atoms with van der Waals surface area (Å²) in [6.07, 6.45) is 1.31. The van der Waals surface area contributed by atoms with E-state index in [4.69, 9.17) is 27.6 Å². The summed E-state index contributed by atoms with van der Waals surface area (Å²) >= 11 is 12.2. The topological polar surface area (TPSA) is 70.8 Å². The van der Waals surface area contributed by atoms with Crippen LogP contribution in [0.25, 0.3) is 0 Å². The summed E-state index contributed by atoms with van der Waals surface area (Å²) in [5.74, 6) is -2.73. The first kappa shape index (κ1) is 19.2. The van der Waals surface area contributed by atoms with Crippen molar-refractivity contribution in [1.29, 1.82) is 0 Å². The lowest BCUT2D eigenvalue weighted by Gasteiger charge is -2.27. The van der Waals surface area contributed by atoms with Gasteiger partial charge in [0.1, 0.15) is 5.82 Å². The van der Waals surface area contributed by atoms with E-state index in [1.165, 1.54) is 65.8 Å². The Hall–Kier alpha value is -3.09. The summed E-state index contributed by atoms with van der Waals surface area (Å²) in [5.41, 5.74) is 0.498. The minimum Gasteiger partial charge on any atom is -0.503 e. The van der Waals surface area contributed by atoms with E-state index in [-0.39, 0.29) is 27.1 Å². The largest absolute Gasteiger partial charge is 0.503 e. The summed E-state index contributed by atoms with van der Waals surface area (Å²) in [4.78, 5) is 27.1. The normalized spacial score (nSPS) is 16.6. The third-order valence-electron chi connectivity index (χ3n) is 4.51. The lowest BCUT2D eigenvalue weighted by molar-refractivity contribution is -0.117. The highest BCUT2D eigenvalue weighted by molar-refractivity contribution is 6.35. The Kier molecular flexibility index (Phi) is 4.90. The zero-order valence-corrected chi connectivity index (χ0v) is 16.1. The summed E-state index contributed by atoms with van der Waals surface area (Å²) in [6.45, 7) is 0. The third kappa shape index (κ3) is 3.41. The van der Waals surface area contributed by atoms with Gasteiger partial charge in [-0.05, 0) is 48.0 Å². The van der Waals surface area contributed by atoms with E-state index in [2.05, 4.69) is 0 Å². The summed E-state index contributed by atoms with van der Waals surface area (Å²) < 4.78 is 18.6. The molecule has 1 aliphatic rings. The number of anilines is 1. The van der Waals surface area contributed by atoms with Crippen molar-refractivity contribution in [1.82, 2.24) is 0 Å². The molecule has 1 amide bonds. The van der Waals surface area contributed by atoms with Gasteiger partial charge in [0, 0.05) is 15.7 Å². The first-order valence-corrected chi connectivity index (χ1v) is 9.19. The van der Waals surface area contributed by atoms with Crippen LogP contribution in [-0.4, -0.2) is 16.8 Å². The van der Waals surface area contributed by atoms with Crippen LogP contribution in [0.2, 0.25) is 10.0 Å². The molecule has 8 heteroatoms. The van der Waals surface area contributed by atoms with Crippen LogP contribution in [0, 0.1) is 5.82 Å². The monoisotopic (exact) mass is 431 g/mol. The van der Waals surface area contributed by atoms with Crippen LogP contribution in [0.5, 0.6) is 0 Å². The van der Waals surface area contributed by atoms with Gasteiger partial charge in [0.05, 0.1) is 17.9 Å². The maximum Gasteiger partial charge on any atom is 0.294 e. The molecule has 0 fully saturated rings. The molecular formula is C21H12Cl2FNO4. The minimum atomic E-state index is -1.03. The smallest absolute Gasteiger partial charge is 0.294 e. The Balaban J connectivity index is 1.90. The molecule has 0 saturated heterocycles. The van der Waals surface area contributed by atoms with Gasteiger partial charge < -0.3 is 9.52 Å².